The topological polar surface area (TPSA) is 21.3 Å². The summed E-state index contributed by atoms with van der Waals surface area (Å²) < 4.78 is 5.13. The molecule has 2 nitrogen and oxygen atoms in total. The van der Waals surface area contributed by atoms with Crippen LogP contribution in [0, 0.1) is 6.92 Å². The summed E-state index contributed by atoms with van der Waals surface area (Å²) in [6.45, 7) is 8.17. The fraction of sp³-hybridized carbons (Fsp3) is 0.571. The van der Waals surface area contributed by atoms with Gasteiger partial charge < -0.3 is 10.1 Å². The Morgan fingerprint density at radius 3 is 1.88 bits per heavy atom. The molecule has 0 aliphatic carbocycles. The first-order valence-corrected chi connectivity index (χ1v) is 6.06. The van der Waals surface area contributed by atoms with Crippen molar-refractivity contribution >= 4 is 5.69 Å². The van der Waals surface area contributed by atoms with Crippen molar-refractivity contribution in [1.82, 2.24) is 0 Å². The molecular weight excluding hydrogens is 198 g/mol. The average Bonchev–Trinajstić information content (AvgIpc) is 2.32. The number of hydrogen-bond acceptors (Lipinski definition) is 2. The minimum Gasteiger partial charge on any atom is -0.388 e. The first-order chi connectivity index (χ1) is 7.74. The van der Waals surface area contributed by atoms with Crippen molar-refractivity contribution in [3.63, 3.8) is 0 Å². The van der Waals surface area contributed by atoms with Crippen LogP contribution in [0.1, 0.15) is 32.3 Å². The van der Waals surface area contributed by atoms with E-state index in [2.05, 4.69) is 50.4 Å². The van der Waals surface area contributed by atoms with E-state index in [0.29, 0.717) is 0 Å². The molecule has 0 unspecified atom stereocenters. The molecule has 0 saturated carbocycles. The molecule has 1 N–H and O–H groups in total. The van der Waals surface area contributed by atoms with Crippen molar-refractivity contribution in [1.29, 1.82) is 0 Å². The van der Waals surface area contributed by atoms with E-state index in [0.717, 1.165) is 26.1 Å². The van der Waals surface area contributed by atoms with E-state index in [1.54, 1.807) is 0 Å². The van der Waals surface area contributed by atoms with Crippen LogP contribution in [0.3, 0.4) is 0 Å². The summed E-state index contributed by atoms with van der Waals surface area (Å²) in [6, 6.07) is 8.31. The molecule has 0 fully saturated rings. The minimum absolute atomic E-state index is 0.924. The third-order valence-corrected chi connectivity index (χ3v) is 2.04. The highest BCUT2D eigenvalue weighted by Gasteiger charge is 1.83. The fourth-order valence-electron chi connectivity index (χ4n) is 1.11. The Hall–Kier alpha value is -1.02. The van der Waals surface area contributed by atoms with Crippen LogP contribution in [0.25, 0.3) is 0 Å². The van der Waals surface area contributed by atoms with Crippen molar-refractivity contribution in [2.24, 2.45) is 0 Å². The van der Waals surface area contributed by atoms with E-state index in [4.69, 9.17) is 4.74 Å². The molecule has 0 amide bonds. The molecule has 1 aromatic carbocycles. The quantitative estimate of drug-likeness (QED) is 0.765. The summed E-state index contributed by atoms with van der Waals surface area (Å²) in [4.78, 5) is 0. The summed E-state index contributed by atoms with van der Waals surface area (Å²) in [5.74, 6) is 0. The molecule has 0 aliphatic rings. The van der Waals surface area contributed by atoms with Gasteiger partial charge in [0.25, 0.3) is 0 Å². The predicted molar refractivity (Wildman–Crippen MR) is 72.1 cm³/mol. The molecule has 0 heterocycles. The average molecular weight is 223 g/mol. The SMILES string of the molecule is CCCOCCC.CNc1ccc(C)cc1. The molecule has 0 spiro atoms. The Kier molecular flexibility index (Phi) is 9.83. The van der Waals surface area contributed by atoms with Gasteiger partial charge in [-0.25, -0.2) is 0 Å². The first kappa shape index (κ1) is 15.0. The highest BCUT2D eigenvalue weighted by molar-refractivity contribution is 5.43. The summed E-state index contributed by atoms with van der Waals surface area (Å²) in [6.07, 6.45) is 2.28. The third-order valence-electron chi connectivity index (χ3n) is 2.04. The van der Waals surface area contributed by atoms with E-state index in [1.165, 1.54) is 11.3 Å². The Labute approximate surface area is 100 Å². The first-order valence-electron chi connectivity index (χ1n) is 6.06. The zero-order valence-corrected chi connectivity index (χ0v) is 11.0. The molecule has 0 radical (unpaired) electrons. The second kappa shape index (κ2) is 10.5. The smallest absolute Gasteiger partial charge is 0.0463 e. The largest absolute Gasteiger partial charge is 0.388 e. The van der Waals surface area contributed by atoms with Crippen LogP contribution in [-0.4, -0.2) is 20.3 Å². The van der Waals surface area contributed by atoms with Crippen LogP contribution < -0.4 is 5.32 Å². The van der Waals surface area contributed by atoms with Crippen molar-refractivity contribution < 1.29 is 4.74 Å². The van der Waals surface area contributed by atoms with Crippen molar-refractivity contribution in [2.75, 3.05) is 25.6 Å². The molecule has 0 aromatic heterocycles. The van der Waals surface area contributed by atoms with Crippen molar-refractivity contribution in [3.05, 3.63) is 29.8 Å². The summed E-state index contributed by atoms with van der Waals surface area (Å²) >= 11 is 0. The molecular formula is C14H25NO. The van der Waals surface area contributed by atoms with E-state index in [-0.39, 0.29) is 0 Å². The summed E-state index contributed by atoms with van der Waals surface area (Å²) in [5.41, 5.74) is 2.47. The monoisotopic (exact) mass is 223 g/mol. The van der Waals surface area contributed by atoms with Gasteiger partial charge in [0.2, 0.25) is 0 Å². The van der Waals surface area contributed by atoms with Gasteiger partial charge in [0.1, 0.15) is 0 Å². The molecule has 16 heavy (non-hydrogen) atoms. The molecule has 0 bridgehead atoms. The number of hydrogen-bond donors (Lipinski definition) is 1. The fourth-order valence-corrected chi connectivity index (χ4v) is 1.11. The Morgan fingerprint density at radius 1 is 1.00 bits per heavy atom. The van der Waals surface area contributed by atoms with Crippen molar-refractivity contribution in [2.45, 2.75) is 33.6 Å². The van der Waals surface area contributed by atoms with E-state index < -0.39 is 0 Å². The maximum atomic E-state index is 5.13. The third kappa shape index (κ3) is 8.30. The van der Waals surface area contributed by atoms with Gasteiger partial charge in [-0.05, 0) is 31.9 Å². The van der Waals surface area contributed by atoms with E-state index in [1.807, 2.05) is 7.05 Å². The highest BCUT2D eigenvalue weighted by atomic mass is 16.5. The van der Waals surface area contributed by atoms with Gasteiger partial charge in [0.05, 0.1) is 0 Å². The van der Waals surface area contributed by atoms with Gasteiger partial charge in [-0.15, -0.1) is 0 Å². The standard InChI is InChI=1S/C8H11N.C6H14O/c1-7-3-5-8(9-2)6-4-7;1-3-5-7-6-4-2/h3-6,9H,1-2H3;3-6H2,1-2H3. The molecule has 92 valence electrons. The number of ether oxygens (including phenoxy) is 1. The van der Waals surface area contributed by atoms with Gasteiger partial charge in [-0.2, -0.15) is 0 Å². The molecule has 0 atom stereocenters. The van der Waals surface area contributed by atoms with Crippen LogP contribution in [0.15, 0.2) is 24.3 Å². The lowest BCUT2D eigenvalue weighted by Gasteiger charge is -1.97. The summed E-state index contributed by atoms with van der Waals surface area (Å²) in [5, 5.41) is 3.05. The zero-order valence-electron chi connectivity index (χ0n) is 11.0. The lowest BCUT2D eigenvalue weighted by molar-refractivity contribution is 0.135. The number of rotatable bonds is 5. The Bertz CT molecular complexity index is 239. The highest BCUT2D eigenvalue weighted by Crippen LogP contribution is 2.06. The lowest BCUT2D eigenvalue weighted by Crippen LogP contribution is -1.92. The van der Waals surface area contributed by atoms with Crippen LogP contribution in [0.4, 0.5) is 5.69 Å². The molecule has 0 aliphatic heterocycles. The normalized spacial score (nSPS) is 9.25. The number of anilines is 1. The van der Waals surface area contributed by atoms with Crippen LogP contribution in [0.2, 0.25) is 0 Å². The minimum atomic E-state index is 0.924. The summed E-state index contributed by atoms with van der Waals surface area (Å²) in [7, 11) is 1.92. The van der Waals surface area contributed by atoms with Crippen molar-refractivity contribution in [3.8, 4) is 0 Å². The second-order valence-corrected chi connectivity index (χ2v) is 3.73. The number of nitrogens with one attached hydrogen (secondary N) is 1. The second-order valence-electron chi connectivity index (χ2n) is 3.73. The van der Waals surface area contributed by atoms with Gasteiger partial charge >= 0.3 is 0 Å². The predicted octanol–water partition coefficient (Wildman–Crippen LogP) is 3.86. The van der Waals surface area contributed by atoms with E-state index >= 15 is 0 Å². The zero-order chi connectivity index (χ0) is 12.2. The number of benzene rings is 1. The van der Waals surface area contributed by atoms with Gasteiger partial charge in [0.15, 0.2) is 0 Å². The van der Waals surface area contributed by atoms with Crippen LogP contribution in [0.5, 0.6) is 0 Å². The van der Waals surface area contributed by atoms with E-state index in [9.17, 15) is 0 Å². The van der Waals surface area contributed by atoms with Crippen LogP contribution >= 0.6 is 0 Å². The maximum Gasteiger partial charge on any atom is 0.0463 e. The molecule has 0 saturated heterocycles. The van der Waals surface area contributed by atoms with Gasteiger partial charge in [-0.1, -0.05) is 31.5 Å². The Balaban J connectivity index is 0.000000293. The molecule has 1 rings (SSSR count). The molecule has 2 heteroatoms. The lowest BCUT2D eigenvalue weighted by atomic mass is 10.2. The maximum absolute atomic E-state index is 5.13. The van der Waals surface area contributed by atoms with Gasteiger partial charge in [-0.3, -0.25) is 0 Å². The van der Waals surface area contributed by atoms with Crippen LogP contribution in [-0.2, 0) is 4.74 Å². The number of aryl methyl sites for hydroxylation is 1. The Morgan fingerprint density at radius 2 is 1.50 bits per heavy atom. The van der Waals surface area contributed by atoms with Gasteiger partial charge in [0, 0.05) is 25.9 Å². The molecule has 1 aromatic rings.